The van der Waals surface area contributed by atoms with E-state index in [1.807, 2.05) is 17.8 Å². The molecule has 2 N–H and O–H groups in total. The van der Waals surface area contributed by atoms with E-state index < -0.39 is 0 Å². The van der Waals surface area contributed by atoms with Gasteiger partial charge in [-0.05, 0) is 24.8 Å². The summed E-state index contributed by atoms with van der Waals surface area (Å²) >= 11 is 0. The Bertz CT molecular complexity index is 373. The Morgan fingerprint density at radius 3 is 2.68 bits per heavy atom. The molecule has 0 spiro atoms. The molecule has 0 bridgehead atoms. The first kappa shape index (κ1) is 18.2. The smallest absolute Gasteiger partial charge is 0.191 e. The van der Waals surface area contributed by atoms with Gasteiger partial charge in [0.05, 0.1) is 12.2 Å². The molecule has 0 saturated heterocycles. The molecule has 0 aliphatic carbocycles. The van der Waals surface area contributed by atoms with E-state index in [2.05, 4.69) is 34.6 Å². The van der Waals surface area contributed by atoms with Gasteiger partial charge in [-0.15, -0.1) is 24.0 Å². The van der Waals surface area contributed by atoms with Crippen LogP contribution >= 0.6 is 24.0 Å². The lowest BCUT2D eigenvalue weighted by molar-refractivity contribution is 0.549. The molecular weight excluding hydrogens is 353 g/mol. The van der Waals surface area contributed by atoms with Gasteiger partial charge in [-0.25, -0.2) is 0 Å². The van der Waals surface area contributed by atoms with Gasteiger partial charge in [0.2, 0.25) is 0 Å². The van der Waals surface area contributed by atoms with Gasteiger partial charge in [-0.2, -0.15) is 5.10 Å². The topological polar surface area (TPSA) is 54.2 Å². The summed E-state index contributed by atoms with van der Waals surface area (Å²) in [5, 5.41) is 10.7. The second kappa shape index (κ2) is 10.1. The molecule has 0 aliphatic heterocycles. The van der Waals surface area contributed by atoms with Crippen molar-refractivity contribution < 1.29 is 0 Å². The number of hydrogen-bond acceptors (Lipinski definition) is 2. The third-order valence-electron chi connectivity index (χ3n) is 2.83. The summed E-state index contributed by atoms with van der Waals surface area (Å²) in [7, 11) is 3.73. The summed E-state index contributed by atoms with van der Waals surface area (Å²) in [6.45, 7) is 6.19. The number of nitrogens with zero attached hydrogens (tertiary/aromatic N) is 3. The minimum Gasteiger partial charge on any atom is -0.356 e. The Morgan fingerprint density at radius 1 is 1.42 bits per heavy atom. The third kappa shape index (κ3) is 7.39. The van der Waals surface area contributed by atoms with E-state index in [0.29, 0.717) is 0 Å². The quantitative estimate of drug-likeness (QED) is 0.345. The van der Waals surface area contributed by atoms with Gasteiger partial charge in [-0.3, -0.25) is 9.67 Å². The fourth-order valence-electron chi connectivity index (χ4n) is 1.69. The molecule has 19 heavy (non-hydrogen) atoms. The van der Waals surface area contributed by atoms with Crippen LogP contribution in [0.2, 0.25) is 0 Å². The lowest BCUT2D eigenvalue weighted by atomic mass is 10.1. The first-order valence-electron chi connectivity index (χ1n) is 6.55. The summed E-state index contributed by atoms with van der Waals surface area (Å²) in [5.74, 6) is 1.61. The number of aliphatic imine (C=N–C) groups is 1. The number of guanidine groups is 1. The average Bonchev–Trinajstić information content (AvgIpc) is 2.74. The van der Waals surface area contributed by atoms with Crippen LogP contribution in [0.3, 0.4) is 0 Å². The van der Waals surface area contributed by atoms with E-state index >= 15 is 0 Å². The third-order valence-corrected chi connectivity index (χ3v) is 2.83. The van der Waals surface area contributed by atoms with Gasteiger partial charge in [0.1, 0.15) is 0 Å². The van der Waals surface area contributed by atoms with Crippen LogP contribution in [0, 0.1) is 5.92 Å². The van der Waals surface area contributed by atoms with Crippen LogP contribution in [0.5, 0.6) is 0 Å². The maximum Gasteiger partial charge on any atom is 0.191 e. The van der Waals surface area contributed by atoms with Gasteiger partial charge < -0.3 is 10.6 Å². The normalized spacial score (nSPS) is 11.3. The van der Waals surface area contributed by atoms with E-state index in [1.54, 1.807) is 13.2 Å². The number of aryl methyl sites for hydroxylation is 1. The molecule has 0 amide bonds. The second-order valence-corrected chi connectivity index (χ2v) is 4.83. The van der Waals surface area contributed by atoms with Crippen LogP contribution in [-0.4, -0.2) is 29.3 Å². The maximum absolute atomic E-state index is 4.20. The fourth-order valence-corrected chi connectivity index (χ4v) is 1.69. The monoisotopic (exact) mass is 379 g/mol. The molecule has 0 aromatic carbocycles. The lowest BCUT2D eigenvalue weighted by Gasteiger charge is -2.12. The highest BCUT2D eigenvalue weighted by Gasteiger charge is 2.01. The van der Waals surface area contributed by atoms with Gasteiger partial charge >= 0.3 is 0 Å². The molecule has 6 heteroatoms. The van der Waals surface area contributed by atoms with E-state index in [4.69, 9.17) is 0 Å². The number of rotatable bonds is 6. The summed E-state index contributed by atoms with van der Waals surface area (Å²) in [4.78, 5) is 4.20. The Kier molecular flexibility index (Phi) is 9.63. The van der Waals surface area contributed by atoms with Crippen molar-refractivity contribution in [3.05, 3.63) is 18.0 Å². The number of aromatic nitrogens is 2. The summed E-state index contributed by atoms with van der Waals surface area (Å²) in [5.41, 5.74) is 1.14. The first-order valence-corrected chi connectivity index (χ1v) is 6.55. The van der Waals surface area contributed by atoms with Gasteiger partial charge in [-0.1, -0.05) is 13.8 Å². The zero-order valence-corrected chi connectivity index (χ0v) is 14.6. The van der Waals surface area contributed by atoms with Crippen LogP contribution in [0.4, 0.5) is 0 Å². The summed E-state index contributed by atoms with van der Waals surface area (Å²) in [6.07, 6.45) is 4.21. The van der Waals surface area contributed by atoms with Gasteiger partial charge in [0.25, 0.3) is 0 Å². The van der Waals surface area contributed by atoms with Crippen molar-refractivity contribution in [2.75, 3.05) is 13.6 Å². The van der Waals surface area contributed by atoms with Crippen LogP contribution < -0.4 is 10.6 Å². The Labute approximate surface area is 133 Å². The zero-order valence-electron chi connectivity index (χ0n) is 12.3. The van der Waals surface area contributed by atoms with E-state index in [-0.39, 0.29) is 24.0 Å². The molecule has 5 nitrogen and oxygen atoms in total. The second-order valence-electron chi connectivity index (χ2n) is 4.83. The highest BCUT2D eigenvalue weighted by atomic mass is 127. The molecule has 1 aromatic heterocycles. The molecule has 0 radical (unpaired) electrons. The number of halogens is 1. The standard InChI is InChI=1S/C13H25N5.HI/c1-11(2)6-5-8-15-13(14-3)16-10-12-7-9-17-18(12)4;/h7,9,11H,5-6,8,10H2,1-4H3,(H2,14,15,16);1H. The van der Waals surface area contributed by atoms with E-state index in [1.165, 1.54) is 12.8 Å². The Morgan fingerprint density at radius 2 is 2.16 bits per heavy atom. The van der Waals surface area contributed by atoms with Crippen molar-refractivity contribution in [3.63, 3.8) is 0 Å². The average molecular weight is 379 g/mol. The molecule has 1 rings (SSSR count). The minimum atomic E-state index is 0. The largest absolute Gasteiger partial charge is 0.356 e. The predicted molar refractivity (Wildman–Crippen MR) is 90.9 cm³/mol. The van der Waals surface area contributed by atoms with Gasteiger partial charge in [0, 0.05) is 26.8 Å². The summed E-state index contributed by atoms with van der Waals surface area (Å²) < 4.78 is 1.86. The zero-order chi connectivity index (χ0) is 13.4. The molecule has 0 aliphatic rings. The summed E-state index contributed by atoms with van der Waals surface area (Å²) in [6, 6.07) is 2.00. The van der Waals surface area contributed by atoms with Crippen molar-refractivity contribution >= 4 is 29.9 Å². The molecule has 0 saturated carbocycles. The van der Waals surface area contributed by atoms with Crippen molar-refractivity contribution in [2.24, 2.45) is 18.0 Å². The molecule has 0 unspecified atom stereocenters. The van der Waals surface area contributed by atoms with Gasteiger partial charge in [0.15, 0.2) is 5.96 Å². The number of nitrogens with one attached hydrogen (secondary N) is 2. The fraction of sp³-hybridized carbons (Fsp3) is 0.692. The lowest BCUT2D eigenvalue weighted by Crippen LogP contribution is -2.37. The Hall–Kier alpha value is -0.790. The van der Waals surface area contributed by atoms with Crippen molar-refractivity contribution in [3.8, 4) is 0 Å². The molecule has 1 heterocycles. The first-order chi connectivity index (χ1) is 8.63. The minimum absolute atomic E-state index is 0. The predicted octanol–water partition coefficient (Wildman–Crippen LogP) is 2.14. The van der Waals surface area contributed by atoms with Crippen molar-refractivity contribution in [2.45, 2.75) is 33.2 Å². The van der Waals surface area contributed by atoms with Crippen LogP contribution in [-0.2, 0) is 13.6 Å². The van der Waals surface area contributed by atoms with Crippen LogP contribution in [0.25, 0.3) is 0 Å². The van der Waals surface area contributed by atoms with E-state index in [9.17, 15) is 0 Å². The SMILES string of the molecule is CN=C(NCCCC(C)C)NCc1ccnn1C.I. The maximum atomic E-state index is 4.20. The number of hydrogen-bond donors (Lipinski definition) is 2. The van der Waals surface area contributed by atoms with Crippen LogP contribution in [0.1, 0.15) is 32.4 Å². The highest BCUT2D eigenvalue weighted by Crippen LogP contribution is 2.01. The molecule has 1 aromatic rings. The van der Waals surface area contributed by atoms with E-state index in [0.717, 1.165) is 30.7 Å². The molecule has 0 fully saturated rings. The van der Waals surface area contributed by atoms with Crippen molar-refractivity contribution in [1.82, 2.24) is 20.4 Å². The molecular formula is C13H26IN5. The highest BCUT2D eigenvalue weighted by molar-refractivity contribution is 14.0. The molecule has 0 atom stereocenters. The van der Waals surface area contributed by atoms with Crippen LogP contribution in [0.15, 0.2) is 17.3 Å². The molecule has 110 valence electrons. The Balaban J connectivity index is 0.00000324. The van der Waals surface area contributed by atoms with Crippen molar-refractivity contribution in [1.29, 1.82) is 0 Å².